The number of carbonyl (C=O) groups excluding carboxylic acids is 1. The van der Waals surface area contributed by atoms with Crippen LogP contribution in [0.2, 0.25) is 0 Å². The second-order valence-corrected chi connectivity index (χ2v) is 6.29. The lowest BCUT2D eigenvalue weighted by atomic mass is 9.88. The van der Waals surface area contributed by atoms with Crippen LogP contribution in [0.1, 0.15) is 37.7 Å². The van der Waals surface area contributed by atoms with E-state index in [9.17, 15) is 4.79 Å². The van der Waals surface area contributed by atoms with Gasteiger partial charge in [0.25, 0.3) is 5.91 Å². The summed E-state index contributed by atoms with van der Waals surface area (Å²) in [6, 6.07) is 7.87. The van der Waals surface area contributed by atoms with Gasteiger partial charge >= 0.3 is 0 Å². The minimum Gasteiger partial charge on any atom is -0.308 e. The van der Waals surface area contributed by atoms with Crippen LogP contribution in [0.4, 0.5) is 0 Å². The predicted octanol–water partition coefficient (Wildman–Crippen LogP) is 3.90. The number of hydrogen-bond acceptors (Lipinski definition) is 2. The van der Waals surface area contributed by atoms with Gasteiger partial charge in [-0.2, -0.15) is 0 Å². The molecule has 1 saturated carbocycles. The van der Waals surface area contributed by atoms with Crippen molar-refractivity contribution < 1.29 is 4.79 Å². The Kier molecular flexibility index (Phi) is 4.01. The van der Waals surface area contributed by atoms with Crippen LogP contribution in [-0.4, -0.2) is 11.7 Å². The zero-order valence-electron chi connectivity index (χ0n) is 11.2. The third-order valence-electron chi connectivity index (χ3n) is 3.86. The fourth-order valence-electron chi connectivity index (χ4n) is 2.81. The van der Waals surface area contributed by atoms with Crippen molar-refractivity contribution in [3.8, 4) is 0 Å². The van der Waals surface area contributed by atoms with Crippen LogP contribution in [-0.2, 0) is 4.79 Å². The number of rotatable bonds is 2. The fourth-order valence-corrected chi connectivity index (χ4v) is 3.23. The van der Waals surface area contributed by atoms with Crippen molar-refractivity contribution >= 4 is 33.7 Å². The second kappa shape index (κ2) is 5.92. The molecule has 1 N–H and O–H groups in total. The summed E-state index contributed by atoms with van der Waals surface area (Å²) in [7, 11) is 0. The van der Waals surface area contributed by atoms with E-state index in [0.29, 0.717) is 11.6 Å². The lowest BCUT2D eigenvalue weighted by Crippen LogP contribution is -2.31. The van der Waals surface area contributed by atoms with Crippen LogP contribution in [0.25, 0.3) is 6.08 Å². The summed E-state index contributed by atoms with van der Waals surface area (Å²) in [6.07, 6.45) is 7.91. The highest BCUT2D eigenvalue weighted by atomic mass is 79.9. The minimum atomic E-state index is -0.0782. The fraction of sp³-hybridized carbons (Fsp3) is 0.375. The molecule has 0 spiro atoms. The molecule has 3 nitrogen and oxygen atoms in total. The zero-order valence-corrected chi connectivity index (χ0v) is 12.8. The molecule has 1 aromatic carbocycles. The number of benzene rings is 1. The Balaban J connectivity index is 1.82. The molecule has 4 heteroatoms. The largest absolute Gasteiger partial charge is 0.308 e. The van der Waals surface area contributed by atoms with Gasteiger partial charge in [-0.3, -0.25) is 4.79 Å². The Labute approximate surface area is 127 Å². The van der Waals surface area contributed by atoms with Crippen LogP contribution in [0.3, 0.4) is 0 Å². The maximum atomic E-state index is 12.0. The Hall–Kier alpha value is -1.42. The molecule has 0 bridgehead atoms. The van der Waals surface area contributed by atoms with E-state index in [4.69, 9.17) is 0 Å². The first-order chi connectivity index (χ1) is 9.72. The van der Waals surface area contributed by atoms with E-state index in [-0.39, 0.29) is 5.91 Å². The van der Waals surface area contributed by atoms with Crippen molar-refractivity contribution in [3.05, 3.63) is 40.0 Å². The lowest BCUT2D eigenvalue weighted by molar-refractivity contribution is -0.115. The van der Waals surface area contributed by atoms with Crippen molar-refractivity contribution in [2.75, 3.05) is 0 Å². The molecule has 3 rings (SSSR count). The quantitative estimate of drug-likeness (QED) is 0.820. The van der Waals surface area contributed by atoms with E-state index in [1.54, 1.807) is 0 Å². The van der Waals surface area contributed by atoms with Crippen LogP contribution in [0, 0.1) is 5.92 Å². The molecule has 1 amide bonds. The van der Waals surface area contributed by atoms with Crippen molar-refractivity contribution in [1.82, 2.24) is 5.32 Å². The molecule has 0 saturated heterocycles. The Bertz CT molecular complexity index is 586. The molecular formula is C16H17BrN2O. The lowest BCUT2D eigenvalue weighted by Gasteiger charge is -2.20. The van der Waals surface area contributed by atoms with Gasteiger partial charge in [0, 0.05) is 10.4 Å². The molecule has 1 aliphatic heterocycles. The van der Waals surface area contributed by atoms with Crippen LogP contribution < -0.4 is 5.32 Å². The highest BCUT2D eigenvalue weighted by molar-refractivity contribution is 9.10. The van der Waals surface area contributed by atoms with Crippen LogP contribution in [0.5, 0.6) is 0 Å². The molecule has 1 fully saturated rings. The predicted molar refractivity (Wildman–Crippen MR) is 84.3 cm³/mol. The van der Waals surface area contributed by atoms with Gasteiger partial charge in [0.2, 0.25) is 0 Å². The molecule has 2 aliphatic rings. The van der Waals surface area contributed by atoms with Gasteiger partial charge < -0.3 is 5.32 Å². The average Bonchev–Trinajstić information content (AvgIpc) is 2.81. The SMILES string of the molecule is O=C1NC(C2CCCCC2)=N/C1=C/c1cccc(Br)c1. The van der Waals surface area contributed by atoms with E-state index in [1.165, 1.54) is 19.3 Å². The zero-order chi connectivity index (χ0) is 13.9. The number of hydrogen-bond donors (Lipinski definition) is 1. The van der Waals surface area contributed by atoms with Gasteiger partial charge in [0.15, 0.2) is 0 Å². The van der Waals surface area contributed by atoms with E-state index in [2.05, 4.69) is 26.2 Å². The maximum absolute atomic E-state index is 12.0. The number of carbonyl (C=O) groups is 1. The summed E-state index contributed by atoms with van der Waals surface area (Å²) in [4.78, 5) is 16.5. The van der Waals surface area contributed by atoms with Crippen molar-refractivity contribution in [3.63, 3.8) is 0 Å². The molecule has 20 heavy (non-hydrogen) atoms. The standard InChI is InChI=1S/C16H17BrN2O/c17-13-8-4-5-11(9-13)10-14-16(20)19-15(18-14)12-6-2-1-3-7-12/h4-5,8-10,12H,1-3,6-7H2,(H,18,19,20)/b14-10+. The third-order valence-corrected chi connectivity index (χ3v) is 4.35. The van der Waals surface area contributed by atoms with Crippen molar-refractivity contribution in [2.45, 2.75) is 32.1 Å². The number of nitrogens with zero attached hydrogens (tertiary/aromatic N) is 1. The molecule has 104 valence electrons. The highest BCUT2D eigenvalue weighted by Crippen LogP contribution is 2.27. The first kappa shape index (κ1) is 13.6. The molecule has 0 atom stereocenters. The summed E-state index contributed by atoms with van der Waals surface area (Å²) in [6.45, 7) is 0. The maximum Gasteiger partial charge on any atom is 0.275 e. The Morgan fingerprint density at radius 2 is 2.05 bits per heavy atom. The van der Waals surface area contributed by atoms with Crippen LogP contribution >= 0.6 is 15.9 Å². The van der Waals surface area contributed by atoms with Gasteiger partial charge in [-0.25, -0.2) is 4.99 Å². The summed E-state index contributed by atoms with van der Waals surface area (Å²) in [5.74, 6) is 1.22. The minimum absolute atomic E-state index is 0.0782. The molecule has 1 aromatic rings. The number of amides is 1. The van der Waals surface area contributed by atoms with Gasteiger partial charge in [-0.1, -0.05) is 47.3 Å². The molecule has 1 heterocycles. The molecule has 0 aromatic heterocycles. The third kappa shape index (κ3) is 3.01. The molecule has 0 radical (unpaired) electrons. The second-order valence-electron chi connectivity index (χ2n) is 5.37. The Morgan fingerprint density at radius 3 is 2.80 bits per heavy atom. The first-order valence-electron chi connectivity index (χ1n) is 7.09. The van der Waals surface area contributed by atoms with E-state index in [0.717, 1.165) is 28.7 Å². The number of amidine groups is 1. The smallest absolute Gasteiger partial charge is 0.275 e. The number of nitrogens with one attached hydrogen (secondary N) is 1. The monoisotopic (exact) mass is 332 g/mol. The first-order valence-corrected chi connectivity index (χ1v) is 7.89. The summed E-state index contributed by atoms with van der Waals surface area (Å²) >= 11 is 3.44. The van der Waals surface area contributed by atoms with E-state index in [1.807, 2.05) is 30.3 Å². The van der Waals surface area contributed by atoms with Gasteiger partial charge in [0.05, 0.1) is 0 Å². The van der Waals surface area contributed by atoms with Crippen molar-refractivity contribution in [2.24, 2.45) is 10.9 Å². The van der Waals surface area contributed by atoms with Gasteiger partial charge in [0.1, 0.15) is 11.5 Å². The van der Waals surface area contributed by atoms with Crippen LogP contribution in [0.15, 0.2) is 39.4 Å². The Morgan fingerprint density at radius 1 is 1.25 bits per heavy atom. The number of halogens is 1. The summed E-state index contributed by atoms with van der Waals surface area (Å²) < 4.78 is 1.00. The van der Waals surface area contributed by atoms with Gasteiger partial charge in [-0.15, -0.1) is 0 Å². The van der Waals surface area contributed by atoms with Gasteiger partial charge in [-0.05, 0) is 36.6 Å². The number of aliphatic imine (C=N–C) groups is 1. The molecule has 0 unspecified atom stereocenters. The normalized spacial score (nSPS) is 21.9. The highest BCUT2D eigenvalue weighted by Gasteiger charge is 2.27. The molecular weight excluding hydrogens is 316 g/mol. The topological polar surface area (TPSA) is 41.5 Å². The van der Waals surface area contributed by atoms with E-state index >= 15 is 0 Å². The molecule has 1 aliphatic carbocycles. The van der Waals surface area contributed by atoms with E-state index < -0.39 is 0 Å². The van der Waals surface area contributed by atoms with Crippen molar-refractivity contribution in [1.29, 1.82) is 0 Å². The summed E-state index contributed by atoms with van der Waals surface area (Å²) in [5, 5.41) is 2.94. The summed E-state index contributed by atoms with van der Waals surface area (Å²) in [5.41, 5.74) is 1.50. The average molecular weight is 333 g/mol.